The van der Waals surface area contributed by atoms with Crippen molar-refractivity contribution in [2.24, 2.45) is 0 Å². The first-order valence-electron chi connectivity index (χ1n) is 7.66. The van der Waals surface area contributed by atoms with Gasteiger partial charge in [0, 0.05) is 24.1 Å². The molecule has 0 spiro atoms. The van der Waals surface area contributed by atoms with Crippen LogP contribution < -0.4 is 4.90 Å². The van der Waals surface area contributed by atoms with Crippen molar-refractivity contribution in [2.75, 3.05) is 11.4 Å². The van der Waals surface area contributed by atoms with Crippen LogP contribution in [0.25, 0.3) is 0 Å². The molecule has 23 heavy (non-hydrogen) atoms. The Balaban J connectivity index is 1.84. The monoisotopic (exact) mass is 317 g/mol. The Hall–Kier alpha value is -2.24. The summed E-state index contributed by atoms with van der Waals surface area (Å²) in [4.78, 5) is 18.5. The molecule has 0 N–H and O–H groups in total. The molecule has 6 heteroatoms. The minimum absolute atomic E-state index is 0.0137. The smallest absolute Gasteiger partial charge is 0.232 e. The Morgan fingerprint density at radius 3 is 2.70 bits per heavy atom. The fourth-order valence-corrected chi connectivity index (χ4v) is 2.73. The first kappa shape index (κ1) is 15.6. The molecule has 1 aromatic carbocycles. The summed E-state index contributed by atoms with van der Waals surface area (Å²) in [6, 6.07) is 4.44. The Bertz CT molecular complexity index is 749. The van der Waals surface area contributed by atoms with Crippen molar-refractivity contribution in [1.29, 1.82) is 0 Å². The Morgan fingerprint density at radius 2 is 2.09 bits per heavy atom. The summed E-state index contributed by atoms with van der Waals surface area (Å²) in [5, 5.41) is 4.02. The van der Waals surface area contributed by atoms with E-state index in [9.17, 15) is 9.18 Å². The molecule has 1 atom stereocenters. The molecular weight excluding hydrogens is 297 g/mol. The van der Waals surface area contributed by atoms with Crippen LogP contribution in [0.15, 0.2) is 22.7 Å². The Morgan fingerprint density at radius 1 is 1.35 bits per heavy atom. The normalized spacial score (nSPS) is 18.7. The number of hydrogen-bond donors (Lipinski definition) is 0. The van der Waals surface area contributed by atoms with Crippen molar-refractivity contribution in [1.82, 2.24) is 10.1 Å². The highest BCUT2D eigenvalue weighted by Gasteiger charge is 2.36. The predicted molar refractivity (Wildman–Crippen MR) is 83.8 cm³/mol. The minimum Gasteiger partial charge on any atom is -0.339 e. The van der Waals surface area contributed by atoms with E-state index in [4.69, 9.17) is 4.52 Å². The van der Waals surface area contributed by atoms with E-state index >= 15 is 0 Å². The molecule has 1 aromatic heterocycles. The topological polar surface area (TPSA) is 59.2 Å². The van der Waals surface area contributed by atoms with E-state index in [1.807, 2.05) is 20.8 Å². The number of anilines is 1. The first-order chi connectivity index (χ1) is 10.8. The van der Waals surface area contributed by atoms with Crippen LogP contribution in [-0.2, 0) is 10.2 Å². The maximum absolute atomic E-state index is 13.3. The van der Waals surface area contributed by atoms with Crippen molar-refractivity contribution in [3.05, 3.63) is 41.3 Å². The summed E-state index contributed by atoms with van der Waals surface area (Å²) < 4.78 is 18.6. The summed E-state index contributed by atoms with van der Waals surface area (Å²) in [6.45, 7) is 8.29. The molecule has 0 bridgehead atoms. The van der Waals surface area contributed by atoms with Gasteiger partial charge in [0.25, 0.3) is 0 Å². The number of rotatable bonds is 2. The van der Waals surface area contributed by atoms with E-state index in [1.165, 1.54) is 12.1 Å². The largest absolute Gasteiger partial charge is 0.339 e. The van der Waals surface area contributed by atoms with Crippen molar-refractivity contribution >= 4 is 11.6 Å². The molecule has 5 nitrogen and oxygen atoms in total. The summed E-state index contributed by atoms with van der Waals surface area (Å²) in [5.41, 5.74) is 1.27. The number of aryl methyl sites for hydroxylation is 1. The van der Waals surface area contributed by atoms with Crippen LogP contribution in [0.2, 0.25) is 0 Å². The van der Waals surface area contributed by atoms with Gasteiger partial charge in [-0.15, -0.1) is 0 Å². The molecule has 3 rings (SSSR count). The number of halogens is 1. The molecule has 1 fully saturated rings. The van der Waals surface area contributed by atoms with E-state index in [0.717, 1.165) is 11.3 Å². The lowest BCUT2D eigenvalue weighted by Crippen LogP contribution is -2.25. The average molecular weight is 317 g/mol. The second-order valence-electron chi connectivity index (χ2n) is 7.04. The van der Waals surface area contributed by atoms with Crippen LogP contribution in [0.3, 0.4) is 0 Å². The lowest BCUT2D eigenvalue weighted by atomic mass is 9.96. The number of aromatic nitrogens is 2. The molecule has 0 saturated carbocycles. The van der Waals surface area contributed by atoms with Gasteiger partial charge in [-0.3, -0.25) is 4.79 Å². The van der Waals surface area contributed by atoms with Crippen molar-refractivity contribution < 1.29 is 13.7 Å². The van der Waals surface area contributed by atoms with E-state index in [2.05, 4.69) is 10.1 Å². The fraction of sp³-hybridized carbons (Fsp3) is 0.471. The maximum Gasteiger partial charge on any atom is 0.232 e. The predicted octanol–water partition coefficient (Wildman–Crippen LogP) is 3.34. The van der Waals surface area contributed by atoms with Crippen LogP contribution >= 0.6 is 0 Å². The molecule has 2 heterocycles. The first-order valence-corrected chi connectivity index (χ1v) is 7.66. The van der Waals surface area contributed by atoms with Gasteiger partial charge >= 0.3 is 0 Å². The number of nitrogens with zero attached hydrogens (tertiary/aromatic N) is 3. The molecule has 0 aliphatic carbocycles. The van der Waals surface area contributed by atoms with Crippen LogP contribution in [0.4, 0.5) is 10.1 Å². The molecule has 1 amide bonds. The van der Waals surface area contributed by atoms with Crippen molar-refractivity contribution in [2.45, 2.75) is 45.4 Å². The third-order valence-corrected chi connectivity index (χ3v) is 4.04. The van der Waals surface area contributed by atoms with Gasteiger partial charge in [0.2, 0.25) is 11.8 Å². The number of hydrogen-bond acceptors (Lipinski definition) is 4. The van der Waals surface area contributed by atoms with E-state index in [1.54, 1.807) is 17.9 Å². The molecule has 2 aromatic rings. The third kappa shape index (κ3) is 2.98. The lowest BCUT2D eigenvalue weighted by molar-refractivity contribution is -0.117. The van der Waals surface area contributed by atoms with Gasteiger partial charge in [-0.2, -0.15) is 4.98 Å². The fourth-order valence-electron chi connectivity index (χ4n) is 2.73. The molecule has 1 aliphatic heterocycles. The molecule has 1 saturated heterocycles. The number of benzene rings is 1. The summed E-state index contributed by atoms with van der Waals surface area (Å²) in [7, 11) is 0. The highest BCUT2D eigenvalue weighted by molar-refractivity contribution is 5.97. The summed E-state index contributed by atoms with van der Waals surface area (Å²) in [5.74, 6) is 0.679. The zero-order valence-electron chi connectivity index (χ0n) is 13.8. The molecule has 0 radical (unpaired) electrons. The van der Waals surface area contributed by atoms with Crippen molar-refractivity contribution in [3.8, 4) is 0 Å². The highest BCUT2D eigenvalue weighted by atomic mass is 19.1. The zero-order chi connectivity index (χ0) is 16.8. The average Bonchev–Trinajstić information content (AvgIpc) is 3.05. The van der Waals surface area contributed by atoms with Gasteiger partial charge in [0.15, 0.2) is 5.82 Å². The standard InChI is InChI=1S/C17H20FN3O2/c1-10-7-12(18)5-6-13(10)21-9-11(8-14(21)22)15-19-16(20-23-15)17(2,3)4/h5-7,11H,8-9H2,1-4H3. The Labute approximate surface area is 134 Å². The third-order valence-electron chi connectivity index (χ3n) is 4.04. The van der Waals surface area contributed by atoms with Gasteiger partial charge in [-0.25, -0.2) is 4.39 Å². The lowest BCUT2D eigenvalue weighted by Gasteiger charge is -2.18. The minimum atomic E-state index is -0.304. The van der Waals surface area contributed by atoms with Crippen LogP contribution in [0.1, 0.15) is 50.4 Å². The van der Waals surface area contributed by atoms with Crippen LogP contribution in [0.5, 0.6) is 0 Å². The number of carbonyl (C=O) groups is 1. The van der Waals surface area contributed by atoms with E-state index < -0.39 is 0 Å². The second-order valence-corrected chi connectivity index (χ2v) is 7.04. The molecule has 1 aliphatic rings. The van der Waals surface area contributed by atoms with Gasteiger partial charge in [-0.1, -0.05) is 25.9 Å². The SMILES string of the molecule is Cc1cc(F)ccc1N1CC(c2nc(C(C)(C)C)no2)CC1=O. The van der Waals surface area contributed by atoms with Crippen LogP contribution in [0, 0.1) is 12.7 Å². The van der Waals surface area contributed by atoms with E-state index in [0.29, 0.717) is 24.7 Å². The summed E-state index contributed by atoms with van der Waals surface area (Å²) in [6.07, 6.45) is 0.322. The maximum atomic E-state index is 13.3. The van der Waals surface area contributed by atoms with E-state index in [-0.39, 0.29) is 23.1 Å². The zero-order valence-corrected chi connectivity index (χ0v) is 13.8. The Kier molecular flexibility index (Phi) is 3.70. The summed E-state index contributed by atoms with van der Waals surface area (Å²) >= 11 is 0. The highest BCUT2D eigenvalue weighted by Crippen LogP contribution is 2.33. The van der Waals surface area contributed by atoms with Gasteiger partial charge in [-0.05, 0) is 30.7 Å². The van der Waals surface area contributed by atoms with Crippen LogP contribution in [-0.4, -0.2) is 22.6 Å². The number of amides is 1. The van der Waals surface area contributed by atoms with Crippen molar-refractivity contribution in [3.63, 3.8) is 0 Å². The van der Waals surface area contributed by atoms with Gasteiger partial charge < -0.3 is 9.42 Å². The molecular formula is C17H20FN3O2. The molecule has 1 unspecified atom stereocenters. The van der Waals surface area contributed by atoms with Gasteiger partial charge in [0.05, 0.1) is 5.92 Å². The quantitative estimate of drug-likeness (QED) is 0.852. The second kappa shape index (κ2) is 5.44. The molecule has 122 valence electrons. The van der Waals surface area contributed by atoms with Gasteiger partial charge in [0.1, 0.15) is 5.82 Å². The number of carbonyl (C=O) groups excluding carboxylic acids is 1.